The molecule has 0 spiro atoms. The summed E-state index contributed by atoms with van der Waals surface area (Å²) in [6.45, 7) is 1.62. The number of hydrogen-bond acceptors (Lipinski definition) is 7. The van der Waals surface area contributed by atoms with E-state index in [1.165, 1.54) is 5.57 Å². The molecule has 3 heterocycles. The highest BCUT2D eigenvalue weighted by atomic mass is 19.4. The summed E-state index contributed by atoms with van der Waals surface area (Å²) >= 11 is 0. The highest BCUT2D eigenvalue weighted by molar-refractivity contribution is 6.02. The number of ether oxygens (including phenoxy) is 2. The molecule has 3 N–H and O–H groups in total. The van der Waals surface area contributed by atoms with E-state index in [2.05, 4.69) is 15.3 Å². The zero-order chi connectivity index (χ0) is 22.2. The molecule has 0 saturated carbocycles. The molecule has 2 aromatic rings. The number of phenols is 1. The zero-order valence-electron chi connectivity index (χ0n) is 15.9. The van der Waals surface area contributed by atoms with E-state index in [-0.39, 0.29) is 12.5 Å². The minimum Gasteiger partial charge on any atom is -0.542 e. The van der Waals surface area contributed by atoms with Gasteiger partial charge in [-0.15, -0.1) is 0 Å². The molecule has 0 radical (unpaired) electrons. The number of anilines is 1. The summed E-state index contributed by atoms with van der Waals surface area (Å²) < 4.78 is 42.3. The van der Waals surface area contributed by atoms with E-state index < -0.39 is 12.1 Å². The molecule has 2 aromatic carbocycles. The second kappa shape index (κ2) is 7.82. The SMILES string of the molecule is O=C([O-])C(F)(F)F.Oc1c(NCc2ccc3c(c2)OCO3)cc2c3c1[NH+]=CC=3CCN=2. The van der Waals surface area contributed by atoms with Gasteiger partial charge in [0.05, 0.1) is 16.3 Å². The maximum atomic E-state index is 10.6. The van der Waals surface area contributed by atoms with Crippen molar-refractivity contribution in [3.63, 3.8) is 0 Å². The number of carboxylic acid groups (broad SMARTS) is 1. The first-order valence-corrected chi connectivity index (χ1v) is 9.18. The van der Waals surface area contributed by atoms with Gasteiger partial charge in [-0.1, -0.05) is 6.07 Å². The van der Waals surface area contributed by atoms with E-state index in [0.29, 0.717) is 12.2 Å². The Morgan fingerprint density at radius 1 is 1.26 bits per heavy atom. The normalized spacial score (nSPS) is 15.0. The summed E-state index contributed by atoms with van der Waals surface area (Å²) in [6.07, 6.45) is -2.32. The fourth-order valence-corrected chi connectivity index (χ4v) is 3.36. The second-order valence-electron chi connectivity index (χ2n) is 6.81. The molecule has 8 nitrogen and oxygen atoms in total. The van der Waals surface area contributed by atoms with E-state index in [0.717, 1.165) is 46.3 Å². The predicted octanol–water partition coefficient (Wildman–Crippen LogP) is -0.998. The summed E-state index contributed by atoms with van der Waals surface area (Å²) in [5, 5.41) is 24.6. The van der Waals surface area contributed by atoms with Crippen LogP contribution in [0.15, 0.2) is 29.3 Å². The van der Waals surface area contributed by atoms with Crippen molar-refractivity contribution in [3.8, 4) is 17.2 Å². The second-order valence-corrected chi connectivity index (χ2v) is 6.81. The number of halogens is 3. The highest BCUT2D eigenvalue weighted by Crippen LogP contribution is 2.33. The standard InChI is InChI=1S/C18H15N3O3.C2HF3O2/c22-18-13(6-12-16-11(3-4-19-12)8-21-17(16)18)20-7-10-1-2-14-15(5-10)24-9-23-14;3-2(4,5)1(6)7/h1-2,5-6,8,20,22H,3-4,7,9H2;(H,6,7). The van der Waals surface area contributed by atoms with Gasteiger partial charge in [-0.3, -0.25) is 4.99 Å². The minimum absolute atomic E-state index is 0.234. The monoisotopic (exact) mass is 435 g/mol. The molecule has 0 atom stereocenters. The van der Waals surface area contributed by atoms with Crippen molar-refractivity contribution >= 4 is 29.1 Å². The predicted molar refractivity (Wildman–Crippen MR) is 99.4 cm³/mol. The molecule has 0 aromatic heterocycles. The van der Waals surface area contributed by atoms with Crippen LogP contribution in [0, 0.1) is 0 Å². The summed E-state index contributed by atoms with van der Waals surface area (Å²) in [4.78, 5) is 16.5. The third-order valence-corrected chi connectivity index (χ3v) is 4.81. The molecule has 3 aliphatic heterocycles. The Balaban J connectivity index is 0.000000289. The Kier molecular flexibility index (Phi) is 5.17. The number of rotatable bonds is 3. The van der Waals surface area contributed by atoms with E-state index in [1.54, 1.807) is 0 Å². The van der Waals surface area contributed by atoms with Crippen LogP contribution in [0.2, 0.25) is 0 Å². The first kappa shape index (κ1) is 20.5. The number of carbonyl (C=O) groups excluding carboxylic acids is 1. The van der Waals surface area contributed by atoms with Crippen LogP contribution in [0.5, 0.6) is 17.2 Å². The Morgan fingerprint density at radius 3 is 2.74 bits per heavy atom. The number of nitrogens with zero attached hydrogens (tertiary/aromatic N) is 1. The first-order chi connectivity index (χ1) is 14.7. The summed E-state index contributed by atoms with van der Waals surface area (Å²) in [5.74, 6) is -1.25. The van der Waals surface area contributed by atoms with Crippen molar-refractivity contribution in [2.24, 2.45) is 4.99 Å². The maximum absolute atomic E-state index is 10.6. The lowest BCUT2D eigenvalue weighted by atomic mass is 10.1. The number of carboxylic acids is 1. The highest BCUT2D eigenvalue weighted by Gasteiger charge is 2.29. The van der Waals surface area contributed by atoms with Gasteiger partial charge in [-0.05, 0) is 30.2 Å². The van der Waals surface area contributed by atoms with Crippen LogP contribution in [0.4, 0.5) is 24.5 Å². The van der Waals surface area contributed by atoms with Crippen molar-refractivity contribution < 1.29 is 42.6 Å². The lowest BCUT2D eigenvalue weighted by molar-refractivity contribution is -0.345. The molecule has 11 heteroatoms. The Hall–Kier alpha value is -3.76. The fourth-order valence-electron chi connectivity index (χ4n) is 3.36. The fraction of sp³-hybridized carbons (Fsp3) is 0.250. The number of carbonyl (C=O) groups is 1. The van der Waals surface area contributed by atoms with Crippen molar-refractivity contribution in [2.75, 3.05) is 18.7 Å². The van der Waals surface area contributed by atoms with Crippen LogP contribution in [0.1, 0.15) is 12.0 Å². The van der Waals surface area contributed by atoms with E-state index in [1.807, 2.05) is 30.5 Å². The van der Waals surface area contributed by atoms with E-state index in [4.69, 9.17) is 19.4 Å². The Morgan fingerprint density at radius 2 is 2.00 bits per heavy atom. The average Bonchev–Trinajstić information content (AvgIpc) is 3.37. The molecular weight excluding hydrogens is 419 g/mol. The van der Waals surface area contributed by atoms with Gasteiger partial charge in [0.15, 0.2) is 17.7 Å². The summed E-state index contributed by atoms with van der Waals surface area (Å²) in [5.41, 5.74) is 3.69. The van der Waals surface area contributed by atoms with Crippen LogP contribution >= 0.6 is 0 Å². The molecule has 0 unspecified atom stereocenters. The van der Waals surface area contributed by atoms with Crippen molar-refractivity contribution in [2.45, 2.75) is 19.1 Å². The molecule has 0 amide bonds. The average molecular weight is 435 g/mol. The minimum atomic E-state index is -5.19. The number of aromatic hydroxyl groups is 1. The van der Waals surface area contributed by atoms with Gasteiger partial charge in [0, 0.05) is 18.7 Å². The third-order valence-electron chi connectivity index (χ3n) is 4.81. The number of hydrogen-bond donors (Lipinski definition) is 3. The van der Waals surface area contributed by atoms with Crippen LogP contribution in [0.3, 0.4) is 0 Å². The summed E-state index contributed by atoms with van der Waals surface area (Å²) in [6, 6.07) is 7.75. The van der Waals surface area contributed by atoms with Gasteiger partial charge in [-0.25, -0.2) is 4.99 Å². The number of fused-ring (bicyclic) bond motifs is 1. The molecule has 0 fully saturated rings. The lowest BCUT2D eigenvalue weighted by Crippen LogP contribution is -2.61. The molecule has 31 heavy (non-hydrogen) atoms. The van der Waals surface area contributed by atoms with Gasteiger partial charge in [0.25, 0.3) is 5.69 Å². The van der Waals surface area contributed by atoms with Gasteiger partial charge in [0.1, 0.15) is 5.97 Å². The third kappa shape index (κ3) is 4.11. The molecule has 162 valence electrons. The molecular formula is C20H16F3N3O5. The number of aliphatic carboxylic acids is 1. The van der Waals surface area contributed by atoms with E-state index in [9.17, 15) is 18.3 Å². The van der Waals surface area contributed by atoms with Crippen LogP contribution in [0.25, 0.3) is 5.57 Å². The Bertz CT molecular complexity index is 1210. The molecule has 3 aliphatic rings. The van der Waals surface area contributed by atoms with Gasteiger partial charge >= 0.3 is 6.18 Å². The molecule has 0 bridgehead atoms. The number of nitrogens with one attached hydrogen (secondary N) is 2. The van der Waals surface area contributed by atoms with Crippen LogP contribution in [-0.4, -0.2) is 36.8 Å². The zero-order valence-corrected chi connectivity index (χ0v) is 15.9. The number of benzene rings is 2. The topological polar surface area (TPSA) is 117 Å². The number of alkyl halides is 3. The van der Waals surface area contributed by atoms with Crippen molar-refractivity contribution in [3.05, 3.63) is 40.4 Å². The largest absolute Gasteiger partial charge is 0.542 e. The number of phenolic OH excluding ortho intramolecular Hbond substituents is 1. The van der Waals surface area contributed by atoms with Crippen LogP contribution < -0.4 is 35.5 Å². The van der Waals surface area contributed by atoms with Crippen LogP contribution in [-0.2, 0) is 11.3 Å². The first-order valence-electron chi connectivity index (χ1n) is 9.18. The maximum Gasteiger partial charge on any atom is 0.430 e. The molecule has 0 aliphatic carbocycles. The lowest BCUT2D eigenvalue weighted by Gasteiger charge is -2.10. The smallest absolute Gasteiger partial charge is 0.430 e. The van der Waals surface area contributed by atoms with Gasteiger partial charge in [0.2, 0.25) is 12.5 Å². The molecule has 0 saturated heterocycles. The van der Waals surface area contributed by atoms with Gasteiger partial charge < -0.3 is 29.8 Å². The Labute approximate surface area is 173 Å². The van der Waals surface area contributed by atoms with Crippen molar-refractivity contribution in [1.29, 1.82) is 0 Å². The quantitative estimate of drug-likeness (QED) is 0.533. The van der Waals surface area contributed by atoms with Crippen molar-refractivity contribution in [1.82, 2.24) is 0 Å². The van der Waals surface area contributed by atoms with Gasteiger partial charge in [-0.2, -0.15) is 13.2 Å². The summed E-state index contributed by atoms with van der Waals surface area (Å²) in [7, 11) is 0. The molecule has 5 rings (SSSR count). The van der Waals surface area contributed by atoms with E-state index >= 15 is 0 Å².